The third-order valence-electron chi connectivity index (χ3n) is 3.64. The van der Waals surface area contributed by atoms with Crippen LogP contribution < -0.4 is 0 Å². The van der Waals surface area contributed by atoms with E-state index < -0.39 is 5.97 Å². The van der Waals surface area contributed by atoms with E-state index in [1.54, 1.807) is 28.9 Å². The Kier molecular flexibility index (Phi) is 4.12. The number of aromatic carboxylic acids is 1. The SMILES string of the molecule is Cc1ccccc1Cn1nnc(C(=O)O)c1-c1ccc(Cl)cc1. The molecule has 0 amide bonds. The van der Waals surface area contributed by atoms with E-state index in [9.17, 15) is 9.90 Å². The highest BCUT2D eigenvalue weighted by Gasteiger charge is 2.20. The fourth-order valence-electron chi connectivity index (χ4n) is 2.41. The topological polar surface area (TPSA) is 68.0 Å². The molecule has 5 nitrogen and oxygen atoms in total. The Hall–Kier alpha value is -2.66. The van der Waals surface area contributed by atoms with E-state index >= 15 is 0 Å². The van der Waals surface area contributed by atoms with Gasteiger partial charge in [-0.1, -0.05) is 53.2 Å². The lowest BCUT2D eigenvalue weighted by atomic mass is 10.1. The predicted octanol–water partition coefficient (Wildman–Crippen LogP) is 3.65. The van der Waals surface area contributed by atoms with Gasteiger partial charge in [-0.3, -0.25) is 0 Å². The summed E-state index contributed by atoms with van der Waals surface area (Å²) >= 11 is 5.91. The molecule has 0 bridgehead atoms. The summed E-state index contributed by atoms with van der Waals surface area (Å²) < 4.78 is 1.61. The minimum Gasteiger partial charge on any atom is -0.476 e. The van der Waals surface area contributed by atoms with Crippen LogP contribution in [0.25, 0.3) is 11.3 Å². The maximum absolute atomic E-state index is 11.5. The number of carbonyl (C=O) groups is 1. The summed E-state index contributed by atoms with van der Waals surface area (Å²) in [5.41, 5.74) is 3.29. The number of halogens is 1. The molecule has 0 saturated carbocycles. The average molecular weight is 328 g/mol. The first-order valence-electron chi connectivity index (χ1n) is 7.03. The van der Waals surface area contributed by atoms with Crippen LogP contribution in [-0.4, -0.2) is 26.1 Å². The van der Waals surface area contributed by atoms with Crippen molar-refractivity contribution in [3.05, 3.63) is 70.4 Å². The van der Waals surface area contributed by atoms with Crippen molar-refractivity contribution in [1.29, 1.82) is 0 Å². The van der Waals surface area contributed by atoms with Gasteiger partial charge >= 0.3 is 5.97 Å². The van der Waals surface area contributed by atoms with Crippen LogP contribution in [0.2, 0.25) is 5.02 Å². The number of nitrogens with zero attached hydrogens (tertiary/aromatic N) is 3. The van der Waals surface area contributed by atoms with E-state index in [1.807, 2.05) is 31.2 Å². The molecular formula is C17H14ClN3O2. The van der Waals surface area contributed by atoms with Crippen molar-refractivity contribution in [3.63, 3.8) is 0 Å². The Morgan fingerprint density at radius 1 is 1.17 bits per heavy atom. The molecule has 3 aromatic rings. The molecule has 0 atom stereocenters. The maximum atomic E-state index is 11.5. The summed E-state index contributed by atoms with van der Waals surface area (Å²) in [7, 11) is 0. The second-order valence-corrected chi connectivity index (χ2v) is 5.62. The number of hydrogen-bond acceptors (Lipinski definition) is 3. The summed E-state index contributed by atoms with van der Waals surface area (Å²) in [6.07, 6.45) is 0. The predicted molar refractivity (Wildman–Crippen MR) is 87.7 cm³/mol. The van der Waals surface area contributed by atoms with Gasteiger partial charge in [-0.15, -0.1) is 5.10 Å². The summed E-state index contributed by atoms with van der Waals surface area (Å²) in [5, 5.41) is 17.8. The van der Waals surface area contributed by atoms with Gasteiger partial charge in [-0.25, -0.2) is 9.48 Å². The first-order valence-corrected chi connectivity index (χ1v) is 7.41. The molecule has 2 aromatic carbocycles. The highest BCUT2D eigenvalue weighted by molar-refractivity contribution is 6.30. The molecule has 0 aliphatic rings. The molecule has 1 heterocycles. The number of hydrogen-bond donors (Lipinski definition) is 1. The van der Waals surface area contributed by atoms with E-state index in [-0.39, 0.29) is 5.69 Å². The summed E-state index contributed by atoms with van der Waals surface area (Å²) in [4.78, 5) is 11.5. The minimum atomic E-state index is -1.11. The van der Waals surface area contributed by atoms with Crippen LogP contribution in [0.15, 0.2) is 48.5 Å². The normalized spacial score (nSPS) is 10.7. The van der Waals surface area contributed by atoms with Crippen LogP contribution in [0.5, 0.6) is 0 Å². The largest absolute Gasteiger partial charge is 0.476 e. The molecule has 6 heteroatoms. The Morgan fingerprint density at radius 3 is 2.52 bits per heavy atom. The molecule has 3 rings (SSSR count). The van der Waals surface area contributed by atoms with Gasteiger partial charge < -0.3 is 5.11 Å². The van der Waals surface area contributed by atoms with Gasteiger partial charge in [0.2, 0.25) is 0 Å². The number of rotatable bonds is 4. The first kappa shape index (κ1) is 15.2. The van der Waals surface area contributed by atoms with E-state index in [0.29, 0.717) is 22.8 Å². The maximum Gasteiger partial charge on any atom is 0.358 e. The minimum absolute atomic E-state index is 0.0686. The smallest absolute Gasteiger partial charge is 0.358 e. The molecule has 23 heavy (non-hydrogen) atoms. The number of aryl methyl sites for hydroxylation is 1. The van der Waals surface area contributed by atoms with Crippen molar-refractivity contribution in [2.45, 2.75) is 13.5 Å². The summed E-state index contributed by atoms with van der Waals surface area (Å²) in [5.74, 6) is -1.11. The summed E-state index contributed by atoms with van der Waals surface area (Å²) in [6.45, 7) is 2.46. The fraction of sp³-hybridized carbons (Fsp3) is 0.118. The number of aromatic nitrogens is 3. The molecule has 116 valence electrons. The molecule has 0 unspecified atom stereocenters. The number of carboxylic acids is 1. The molecule has 0 aliphatic carbocycles. The third kappa shape index (κ3) is 3.10. The zero-order valence-electron chi connectivity index (χ0n) is 12.4. The van der Waals surface area contributed by atoms with Gasteiger partial charge in [0.15, 0.2) is 5.69 Å². The molecule has 0 radical (unpaired) electrons. The summed E-state index contributed by atoms with van der Waals surface area (Å²) in [6, 6.07) is 14.9. The molecule has 0 spiro atoms. The van der Waals surface area contributed by atoms with Crippen molar-refractivity contribution in [3.8, 4) is 11.3 Å². The van der Waals surface area contributed by atoms with Gasteiger partial charge in [0.1, 0.15) is 5.69 Å². The highest BCUT2D eigenvalue weighted by atomic mass is 35.5. The van der Waals surface area contributed by atoms with Crippen molar-refractivity contribution in [2.24, 2.45) is 0 Å². The number of benzene rings is 2. The van der Waals surface area contributed by atoms with E-state index in [2.05, 4.69) is 10.3 Å². The zero-order valence-corrected chi connectivity index (χ0v) is 13.2. The Balaban J connectivity index is 2.09. The fourth-order valence-corrected chi connectivity index (χ4v) is 2.54. The lowest BCUT2D eigenvalue weighted by Gasteiger charge is -2.09. The molecule has 0 aliphatic heterocycles. The van der Waals surface area contributed by atoms with E-state index in [1.165, 1.54) is 0 Å². The van der Waals surface area contributed by atoms with Gasteiger partial charge in [-0.2, -0.15) is 0 Å². The van der Waals surface area contributed by atoms with Crippen LogP contribution in [-0.2, 0) is 6.54 Å². The number of carboxylic acid groups (broad SMARTS) is 1. The molecule has 1 aromatic heterocycles. The third-order valence-corrected chi connectivity index (χ3v) is 3.89. The van der Waals surface area contributed by atoms with Crippen LogP contribution in [0, 0.1) is 6.92 Å². The van der Waals surface area contributed by atoms with E-state index in [0.717, 1.165) is 11.1 Å². The highest BCUT2D eigenvalue weighted by Crippen LogP contribution is 2.25. The van der Waals surface area contributed by atoms with Gasteiger partial charge in [-0.05, 0) is 30.2 Å². The average Bonchev–Trinajstić information content (AvgIpc) is 2.94. The van der Waals surface area contributed by atoms with Crippen LogP contribution in [0.4, 0.5) is 0 Å². The monoisotopic (exact) mass is 327 g/mol. The van der Waals surface area contributed by atoms with Gasteiger partial charge in [0.25, 0.3) is 0 Å². The Morgan fingerprint density at radius 2 is 1.87 bits per heavy atom. The Bertz CT molecular complexity index is 857. The van der Waals surface area contributed by atoms with Crippen LogP contribution >= 0.6 is 11.6 Å². The second kappa shape index (κ2) is 6.22. The standard InChI is InChI=1S/C17H14ClN3O2/c1-11-4-2-3-5-13(11)10-21-16(15(17(22)23)19-20-21)12-6-8-14(18)9-7-12/h2-9H,10H2,1H3,(H,22,23). The van der Waals surface area contributed by atoms with Crippen molar-refractivity contribution in [1.82, 2.24) is 15.0 Å². The Labute approximate surface area is 138 Å². The van der Waals surface area contributed by atoms with Gasteiger partial charge in [0, 0.05) is 10.6 Å². The van der Waals surface area contributed by atoms with Gasteiger partial charge in [0.05, 0.1) is 6.54 Å². The van der Waals surface area contributed by atoms with Crippen LogP contribution in [0.1, 0.15) is 21.6 Å². The lowest BCUT2D eigenvalue weighted by molar-refractivity contribution is 0.0691. The molecule has 0 saturated heterocycles. The van der Waals surface area contributed by atoms with Crippen molar-refractivity contribution >= 4 is 17.6 Å². The van der Waals surface area contributed by atoms with Crippen molar-refractivity contribution < 1.29 is 9.90 Å². The van der Waals surface area contributed by atoms with E-state index in [4.69, 9.17) is 11.6 Å². The molecule has 0 fully saturated rings. The quantitative estimate of drug-likeness (QED) is 0.794. The lowest BCUT2D eigenvalue weighted by Crippen LogP contribution is -2.07. The molecule has 1 N–H and O–H groups in total. The first-order chi connectivity index (χ1) is 11.1. The molecular weight excluding hydrogens is 314 g/mol. The van der Waals surface area contributed by atoms with Crippen molar-refractivity contribution in [2.75, 3.05) is 0 Å². The zero-order chi connectivity index (χ0) is 16.4. The second-order valence-electron chi connectivity index (χ2n) is 5.18. The van der Waals surface area contributed by atoms with Crippen LogP contribution in [0.3, 0.4) is 0 Å².